The van der Waals surface area contributed by atoms with E-state index in [-0.39, 0.29) is 11.6 Å². The monoisotopic (exact) mass is 401 g/mol. The van der Waals surface area contributed by atoms with Crippen molar-refractivity contribution >= 4 is 43.2 Å². The fraction of sp³-hybridized carbons (Fsp3) is 0. The average molecular weight is 403 g/mol. The summed E-state index contributed by atoms with van der Waals surface area (Å²) < 4.78 is 6.75. The molecule has 3 aromatic rings. The van der Waals surface area contributed by atoms with Crippen molar-refractivity contribution < 1.29 is 9.63 Å². The Bertz CT molecular complexity index is 741. The molecule has 3 heterocycles. The zero-order chi connectivity index (χ0) is 13.4. The van der Waals surface area contributed by atoms with Crippen molar-refractivity contribution in [1.82, 2.24) is 15.1 Å². The molecule has 8 heteroatoms. The van der Waals surface area contributed by atoms with Crippen LogP contribution in [0.4, 0.5) is 0 Å². The average Bonchev–Trinajstić information content (AvgIpc) is 2.97. The Hall–Kier alpha value is -1.25. The summed E-state index contributed by atoms with van der Waals surface area (Å²) in [7, 11) is 0. The van der Waals surface area contributed by atoms with E-state index in [0.717, 1.165) is 8.95 Å². The Labute approximate surface area is 128 Å². The van der Waals surface area contributed by atoms with Crippen LogP contribution in [-0.4, -0.2) is 20.2 Å². The van der Waals surface area contributed by atoms with Crippen LogP contribution in [0.2, 0.25) is 0 Å². The van der Waals surface area contributed by atoms with Gasteiger partial charge in [-0.25, -0.2) is 0 Å². The van der Waals surface area contributed by atoms with Crippen molar-refractivity contribution in [1.29, 1.82) is 0 Å². The second-order valence-corrected chi connectivity index (χ2v) is 6.23. The number of nitrogens with zero attached hydrogens (tertiary/aromatic N) is 3. The topological polar surface area (TPSA) is 72.0 Å². The van der Waals surface area contributed by atoms with Crippen molar-refractivity contribution in [3.8, 4) is 28.0 Å². The van der Waals surface area contributed by atoms with Crippen molar-refractivity contribution in [2.24, 2.45) is 0 Å². The third-order valence-corrected chi connectivity index (χ3v) is 4.21. The highest BCUT2D eigenvalue weighted by atomic mass is 79.9. The number of halogens is 2. The van der Waals surface area contributed by atoms with Crippen LogP contribution in [0.5, 0.6) is 5.75 Å². The fourth-order valence-electron chi connectivity index (χ4n) is 1.45. The first-order valence-electron chi connectivity index (χ1n) is 5.07. The molecule has 0 aliphatic heterocycles. The summed E-state index contributed by atoms with van der Waals surface area (Å²) in [4.78, 5) is 9.01. The summed E-state index contributed by atoms with van der Waals surface area (Å²) >= 11 is 8.05. The molecule has 19 heavy (non-hydrogen) atoms. The number of pyridine rings is 1. The largest absolute Gasteiger partial charge is 0.506 e. The smallest absolute Gasteiger partial charge is 0.272 e. The summed E-state index contributed by atoms with van der Waals surface area (Å²) in [6, 6.07) is 3.43. The van der Waals surface area contributed by atoms with Gasteiger partial charge in [-0.3, -0.25) is 4.98 Å². The molecule has 1 N–H and O–H groups in total. The lowest BCUT2D eigenvalue weighted by atomic mass is 10.3. The molecule has 0 aliphatic rings. The van der Waals surface area contributed by atoms with E-state index in [1.165, 1.54) is 11.3 Å². The first kappa shape index (κ1) is 12.8. The Balaban J connectivity index is 2.04. The highest BCUT2D eigenvalue weighted by Gasteiger charge is 2.17. The quantitative estimate of drug-likeness (QED) is 0.698. The van der Waals surface area contributed by atoms with Crippen LogP contribution in [0.25, 0.3) is 22.3 Å². The van der Waals surface area contributed by atoms with Gasteiger partial charge in [0.2, 0.25) is 5.82 Å². The van der Waals surface area contributed by atoms with Gasteiger partial charge < -0.3 is 9.63 Å². The fourth-order valence-corrected chi connectivity index (χ4v) is 3.32. The predicted octanol–water partition coefficient (Wildman–Crippen LogP) is 4.09. The molecule has 3 aromatic heterocycles. The van der Waals surface area contributed by atoms with E-state index in [1.807, 2.05) is 6.07 Å². The minimum Gasteiger partial charge on any atom is -0.506 e. The standard InChI is InChI=1S/C11H5Br2N3O2S/c12-5-3-6(13)8(14-4-5)10-15-11(18-16-10)9-7(17)1-2-19-9/h1-4,17H. The van der Waals surface area contributed by atoms with Gasteiger partial charge in [0, 0.05) is 15.1 Å². The summed E-state index contributed by atoms with van der Waals surface area (Å²) in [6.45, 7) is 0. The van der Waals surface area contributed by atoms with E-state index in [9.17, 15) is 5.11 Å². The van der Waals surface area contributed by atoms with Crippen LogP contribution in [0.15, 0.2) is 37.2 Å². The minimum absolute atomic E-state index is 0.128. The van der Waals surface area contributed by atoms with Gasteiger partial charge in [0.15, 0.2) is 0 Å². The summed E-state index contributed by atoms with van der Waals surface area (Å²) in [5.41, 5.74) is 0.578. The van der Waals surface area contributed by atoms with Gasteiger partial charge in [-0.05, 0) is 49.4 Å². The SMILES string of the molecule is Oc1ccsc1-c1nc(-c2ncc(Br)cc2Br)no1. The molecule has 5 nitrogen and oxygen atoms in total. The molecule has 0 aliphatic carbocycles. The van der Waals surface area contributed by atoms with Crippen molar-refractivity contribution in [3.05, 3.63) is 32.7 Å². The van der Waals surface area contributed by atoms with Crippen molar-refractivity contribution in [3.63, 3.8) is 0 Å². The molecular weight excluding hydrogens is 398 g/mol. The van der Waals surface area contributed by atoms with Crippen LogP contribution in [-0.2, 0) is 0 Å². The van der Waals surface area contributed by atoms with Crippen molar-refractivity contribution in [2.75, 3.05) is 0 Å². The second kappa shape index (κ2) is 5.03. The van der Waals surface area contributed by atoms with Gasteiger partial charge in [0.05, 0.1) is 0 Å². The Morgan fingerprint density at radius 3 is 2.84 bits per heavy atom. The predicted molar refractivity (Wildman–Crippen MR) is 77.9 cm³/mol. The molecule has 0 spiro atoms. The maximum Gasteiger partial charge on any atom is 0.272 e. The van der Waals surface area contributed by atoms with E-state index in [4.69, 9.17) is 4.52 Å². The zero-order valence-corrected chi connectivity index (χ0v) is 13.2. The van der Waals surface area contributed by atoms with Gasteiger partial charge in [-0.15, -0.1) is 11.3 Å². The molecule has 0 amide bonds. The maximum atomic E-state index is 9.63. The van der Waals surface area contributed by atoms with Gasteiger partial charge in [-0.1, -0.05) is 5.16 Å². The molecule has 0 saturated heterocycles. The number of aromatic nitrogens is 3. The first-order valence-corrected chi connectivity index (χ1v) is 7.53. The maximum absolute atomic E-state index is 9.63. The van der Waals surface area contributed by atoms with Crippen LogP contribution >= 0.6 is 43.2 Å². The highest BCUT2D eigenvalue weighted by Crippen LogP contribution is 2.35. The third-order valence-electron chi connectivity index (χ3n) is 2.28. The molecule has 0 fully saturated rings. The lowest BCUT2D eigenvalue weighted by Crippen LogP contribution is -1.87. The molecule has 96 valence electrons. The van der Waals surface area contributed by atoms with E-state index in [1.54, 1.807) is 17.6 Å². The Morgan fingerprint density at radius 1 is 1.32 bits per heavy atom. The van der Waals surface area contributed by atoms with Crippen LogP contribution in [0.1, 0.15) is 0 Å². The van der Waals surface area contributed by atoms with Crippen LogP contribution in [0.3, 0.4) is 0 Å². The number of aromatic hydroxyl groups is 1. The highest BCUT2D eigenvalue weighted by molar-refractivity contribution is 9.11. The zero-order valence-electron chi connectivity index (χ0n) is 9.17. The number of thiophene rings is 1. The second-order valence-electron chi connectivity index (χ2n) is 3.54. The summed E-state index contributed by atoms with van der Waals surface area (Å²) in [5.74, 6) is 0.768. The minimum atomic E-state index is 0.128. The van der Waals surface area contributed by atoms with Gasteiger partial charge >= 0.3 is 0 Å². The van der Waals surface area contributed by atoms with Crippen LogP contribution < -0.4 is 0 Å². The Kier molecular flexibility index (Phi) is 3.38. The van der Waals surface area contributed by atoms with Crippen molar-refractivity contribution in [2.45, 2.75) is 0 Å². The third kappa shape index (κ3) is 2.43. The molecule has 0 saturated carbocycles. The molecule has 3 rings (SSSR count). The summed E-state index contributed by atoms with van der Waals surface area (Å²) in [6.07, 6.45) is 1.65. The Morgan fingerprint density at radius 2 is 2.16 bits per heavy atom. The lowest BCUT2D eigenvalue weighted by molar-refractivity contribution is 0.427. The number of rotatable bonds is 2. The van der Waals surface area contributed by atoms with E-state index in [2.05, 4.69) is 47.0 Å². The molecule has 0 bridgehead atoms. The number of hydrogen-bond acceptors (Lipinski definition) is 6. The first-order chi connectivity index (χ1) is 9.15. The lowest BCUT2D eigenvalue weighted by Gasteiger charge is -1.97. The molecule has 0 radical (unpaired) electrons. The van der Waals surface area contributed by atoms with E-state index >= 15 is 0 Å². The molecule has 0 aromatic carbocycles. The summed E-state index contributed by atoms with van der Waals surface area (Å²) in [5, 5.41) is 15.3. The van der Waals surface area contributed by atoms with E-state index < -0.39 is 0 Å². The van der Waals surface area contributed by atoms with E-state index in [0.29, 0.717) is 16.4 Å². The van der Waals surface area contributed by atoms with Crippen LogP contribution in [0, 0.1) is 0 Å². The molecule has 0 atom stereocenters. The molecular formula is C11H5Br2N3O2S. The van der Waals surface area contributed by atoms with Gasteiger partial charge in [-0.2, -0.15) is 4.98 Å². The van der Waals surface area contributed by atoms with Gasteiger partial charge in [0.1, 0.15) is 16.3 Å². The number of hydrogen-bond donors (Lipinski definition) is 1. The van der Waals surface area contributed by atoms with Gasteiger partial charge in [0.25, 0.3) is 5.89 Å². The normalized spacial score (nSPS) is 10.8. The molecule has 0 unspecified atom stereocenters.